The summed E-state index contributed by atoms with van der Waals surface area (Å²) in [6.45, 7) is 7.56. The molecule has 8 heteroatoms. The Morgan fingerprint density at radius 3 is 3.00 bits per heavy atom. The number of aryl methyl sites for hydroxylation is 1. The van der Waals surface area contributed by atoms with Gasteiger partial charge in [-0.25, -0.2) is 0 Å². The molecule has 1 atom stereocenters. The van der Waals surface area contributed by atoms with Crippen molar-refractivity contribution in [3.05, 3.63) is 27.5 Å². The van der Waals surface area contributed by atoms with Crippen molar-refractivity contribution in [2.45, 2.75) is 39.2 Å². The zero-order chi connectivity index (χ0) is 19.8. The highest BCUT2D eigenvalue weighted by Gasteiger charge is 2.25. The Kier molecular flexibility index (Phi) is 4.97. The molecular formula is C20H27N5O3. The fourth-order valence-corrected chi connectivity index (χ4v) is 4.15. The third kappa shape index (κ3) is 3.22. The molecule has 1 fully saturated rings. The van der Waals surface area contributed by atoms with E-state index in [0.717, 1.165) is 43.6 Å². The standard InChI is InChI=1S/C20H27N5O3/c1-4-25-8-5-6-13(11-25)21-18-20(27)24(3)19(23-22-18)16-12(2)10-15-14(17(16)26)7-9-28-15/h10,13,26H,4-9,11H2,1-3H3,(H,21,22)/t13-/m1/s1. The van der Waals surface area contributed by atoms with Crippen LogP contribution in [0.1, 0.15) is 30.9 Å². The zero-order valence-electron chi connectivity index (χ0n) is 16.7. The van der Waals surface area contributed by atoms with Gasteiger partial charge < -0.3 is 20.1 Å². The molecule has 1 aromatic heterocycles. The van der Waals surface area contributed by atoms with Crippen molar-refractivity contribution in [1.82, 2.24) is 19.7 Å². The highest BCUT2D eigenvalue weighted by molar-refractivity contribution is 5.73. The van der Waals surface area contributed by atoms with Gasteiger partial charge in [-0.15, -0.1) is 10.2 Å². The SMILES string of the molecule is CCN1CCC[C@@H](Nc2nnc(-c3c(C)cc4c(c3O)CCO4)n(C)c2=O)C1. The molecule has 0 saturated carbocycles. The number of phenols is 1. The van der Waals surface area contributed by atoms with Gasteiger partial charge in [0.2, 0.25) is 5.82 Å². The maximum atomic E-state index is 12.9. The second kappa shape index (κ2) is 7.43. The Morgan fingerprint density at radius 2 is 2.21 bits per heavy atom. The van der Waals surface area contributed by atoms with Crippen LogP contribution in [-0.4, -0.2) is 57.1 Å². The second-order valence-electron chi connectivity index (χ2n) is 7.61. The summed E-state index contributed by atoms with van der Waals surface area (Å²) in [7, 11) is 1.67. The molecule has 1 aromatic carbocycles. The van der Waals surface area contributed by atoms with Crippen LogP contribution in [-0.2, 0) is 13.5 Å². The Morgan fingerprint density at radius 1 is 1.39 bits per heavy atom. The third-order valence-electron chi connectivity index (χ3n) is 5.76. The molecular weight excluding hydrogens is 358 g/mol. The van der Waals surface area contributed by atoms with Crippen LogP contribution >= 0.6 is 0 Å². The fraction of sp³-hybridized carbons (Fsp3) is 0.550. The molecule has 4 rings (SSSR count). The van der Waals surface area contributed by atoms with Crippen LogP contribution in [0, 0.1) is 6.92 Å². The number of likely N-dealkylation sites (N-methyl/N-ethyl adjacent to an activating group) is 1. The summed E-state index contributed by atoms with van der Waals surface area (Å²) in [6.07, 6.45) is 2.75. The lowest BCUT2D eigenvalue weighted by Crippen LogP contribution is -2.43. The number of anilines is 1. The maximum absolute atomic E-state index is 12.9. The van der Waals surface area contributed by atoms with Crippen molar-refractivity contribution in [2.24, 2.45) is 7.05 Å². The van der Waals surface area contributed by atoms with Gasteiger partial charge in [0.25, 0.3) is 5.56 Å². The molecule has 0 radical (unpaired) electrons. The van der Waals surface area contributed by atoms with Crippen molar-refractivity contribution in [3.8, 4) is 22.9 Å². The monoisotopic (exact) mass is 385 g/mol. The molecule has 2 aromatic rings. The van der Waals surface area contributed by atoms with Crippen molar-refractivity contribution in [1.29, 1.82) is 0 Å². The quantitative estimate of drug-likeness (QED) is 0.827. The van der Waals surface area contributed by atoms with E-state index in [-0.39, 0.29) is 23.2 Å². The summed E-state index contributed by atoms with van der Waals surface area (Å²) in [4.78, 5) is 15.3. The highest BCUT2D eigenvalue weighted by atomic mass is 16.5. The van der Waals surface area contributed by atoms with Gasteiger partial charge >= 0.3 is 0 Å². The van der Waals surface area contributed by atoms with Gasteiger partial charge in [0.05, 0.1) is 12.2 Å². The Balaban J connectivity index is 1.67. The number of benzene rings is 1. The number of likely N-dealkylation sites (tertiary alicyclic amines) is 1. The fourth-order valence-electron chi connectivity index (χ4n) is 4.15. The number of hydrogen-bond acceptors (Lipinski definition) is 7. The molecule has 0 amide bonds. The number of ether oxygens (including phenoxy) is 1. The summed E-state index contributed by atoms with van der Waals surface area (Å²) < 4.78 is 7.01. The van der Waals surface area contributed by atoms with Crippen LogP contribution in [0.4, 0.5) is 5.82 Å². The normalized spacial score (nSPS) is 19.3. The number of piperidine rings is 1. The van der Waals surface area contributed by atoms with Crippen molar-refractivity contribution >= 4 is 5.82 Å². The van der Waals surface area contributed by atoms with Gasteiger partial charge in [0.1, 0.15) is 11.5 Å². The number of aromatic hydroxyl groups is 1. The lowest BCUT2D eigenvalue weighted by molar-refractivity contribution is 0.226. The number of nitrogens with one attached hydrogen (secondary N) is 1. The van der Waals surface area contributed by atoms with E-state index in [4.69, 9.17) is 4.74 Å². The van der Waals surface area contributed by atoms with Crippen LogP contribution in [0.3, 0.4) is 0 Å². The molecule has 0 spiro atoms. The van der Waals surface area contributed by atoms with Crippen LogP contribution in [0.15, 0.2) is 10.9 Å². The van der Waals surface area contributed by atoms with Gasteiger partial charge in [-0.05, 0) is 44.5 Å². The summed E-state index contributed by atoms with van der Waals surface area (Å²) in [6, 6.07) is 2.07. The van der Waals surface area contributed by atoms with E-state index in [1.807, 2.05) is 13.0 Å². The van der Waals surface area contributed by atoms with Crippen LogP contribution in [0.2, 0.25) is 0 Å². The van der Waals surface area contributed by atoms with Crippen molar-refractivity contribution < 1.29 is 9.84 Å². The summed E-state index contributed by atoms with van der Waals surface area (Å²) >= 11 is 0. The predicted octanol–water partition coefficient (Wildman–Crippen LogP) is 1.69. The smallest absolute Gasteiger partial charge is 0.296 e. The molecule has 8 nitrogen and oxygen atoms in total. The molecule has 2 aliphatic rings. The number of hydrogen-bond donors (Lipinski definition) is 2. The van der Waals surface area contributed by atoms with Gasteiger partial charge in [0.15, 0.2) is 5.82 Å². The number of nitrogens with zero attached hydrogens (tertiary/aromatic N) is 4. The first kappa shape index (κ1) is 18.7. The van der Waals surface area contributed by atoms with Crippen molar-refractivity contribution in [2.75, 3.05) is 31.6 Å². The minimum atomic E-state index is -0.242. The average molecular weight is 385 g/mol. The third-order valence-corrected chi connectivity index (χ3v) is 5.76. The Bertz CT molecular complexity index is 956. The van der Waals surface area contributed by atoms with Gasteiger partial charge in [-0.3, -0.25) is 9.36 Å². The molecule has 150 valence electrons. The second-order valence-corrected chi connectivity index (χ2v) is 7.61. The molecule has 28 heavy (non-hydrogen) atoms. The number of aromatic nitrogens is 3. The summed E-state index contributed by atoms with van der Waals surface area (Å²) in [5.74, 6) is 1.45. The van der Waals surface area contributed by atoms with E-state index in [1.165, 1.54) is 4.57 Å². The summed E-state index contributed by atoms with van der Waals surface area (Å²) in [5.41, 5.74) is 1.86. The number of rotatable bonds is 4. The van der Waals surface area contributed by atoms with E-state index < -0.39 is 0 Å². The molecule has 0 bridgehead atoms. The van der Waals surface area contributed by atoms with E-state index >= 15 is 0 Å². The molecule has 2 N–H and O–H groups in total. The van der Waals surface area contributed by atoms with Gasteiger partial charge in [-0.2, -0.15) is 0 Å². The predicted molar refractivity (Wildman–Crippen MR) is 107 cm³/mol. The topological polar surface area (TPSA) is 92.5 Å². The van der Waals surface area contributed by atoms with E-state index in [9.17, 15) is 9.90 Å². The Hall–Kier alpha value is -2.61. The molecule has 1 saturated heterocycles. The molecule has 2 aliphatic heterocycles. The highest BCUT2D eigenvalue weighted by Crippen LogP contribution is 2.41. The maximum Gasteiger partial charge on any atom is 0.296 e. The first-order valence-corrected chi connectivity index (χ1v) is 9.90. The van der Waals surface area contributed by atoms with Gasteiger partial charge in [-0.1, -0.05) is 6.92 Å². The van der Waals surface area contributed by atoms with Crippen LogP contribution in [0.5, 0.6) is 11.5 Å². The Labute approximate surface area is 164 Å². The lowest BCUT2D eigenvalue weighted by atomic mass is 10.0. The van der Waals surface area contributed by atoms with E-state index in [2.05, 4.69) is 27.3 Å². The lowest BCUT2D eigenvalue weighted by Gasteiger charge is -2.32. The minimum absolute atomic E-state index is 0.128. The number of fused-ring (bicyclic) bond motifs is 1. The van der Waals surface area contributed by atoms with E-state index in [0.29, 0.717) is 30.2 Å². The minimum Gasteiger partial charge on any atom is -0.507 e. The first-order valence-electron chi connectivity index (χ1n) is 9.90. The van der Waals surface area contributed by atoms with Gasteiger partial charge in [0, 0.05) is 31.6 Å². The summed E-state index contributed by atoms with van der Waals surface area (Å²) in [5, 5.41) is 22.5. The largest absolute Gasteiger partial charge is 0.507 e. The van der Waals surface area contributed by atoms with Crippen LogP contribution < -0.4 is 15.6 Å². The van der Waals surface area contributed by atoms with Crippen LogP contribution in [0.25, 0.3) is 11.4 Å². The average Bonchev–Trinajstić information content (AvgIpc) is 3.16. The molecule has 3 heterocycles. The number of phenolic OH excluding ortho intramolecular Hbond substituents is 1. The molecule has 0 aliphatic carbocycles. The van der Waals surface area contributed by atoms with E-state index in [1.54, 1.807) is 7.05 Å². The first-order chi connectivity index (χ1) is 13.5. The van der Waals surface area contributed by atoms with Crippen molar-refractivity contribution in [3.63, 3.8) is 0 Å². The zero-order valence-corrected chi connectivity index (χ0v) is 16.7. The molecule has 0 unspecified atom stereocenters.